The van der Waals surface area contributed by atoms with Crippen LogP contribution in [0.1, 0.15) is 5.56 Å². The van der Waals surface area contributed by atoms with Crippen LogP contribution in [0.25, 0.3) is 0 Å². The van der Waals surface area contributed by atoms with Crippen LogP contribution in [-0.2, 0) is 0 Å². The normalized spacial score (nSPS) is 9.83. The van der Waals surface area contributed by atoms with E-state index in [1.54, 1.807) is 24.3 Å². The summed E-state index contributed by atoms with van der Waals surface area (Å²) < 4.78 is 13.4. The van der Waals surface area contributed by atoms with Gasteiger partial charge in [-0.2, -0.15) is 5.26 Å². The van der Waals surface area contributed by atoms with Gasteiger partial charge in [-0.15, -0.1) is 0 Å². The molecule has 0 unspecified atom stereocenters. The molecular weight excluding hydrogens is 253 g/mol. The van der Waals surface area contributed by atoms with E-state index in [1.165, 1.54) is 12.1 Å². The van der Waals surface area contributed by atoms with E-state index in [4.69, 9.17) is 22.6 Å². The van der Waals surface area contributed by atoms with Crippen molar-refractivity contribution >= 4 is 28.7 Å². The number of halogens is 2. The highest BCUT2D eigenvalue weighted by atomic mass is 35.5. The summed E-state index contributed by atoms with van der Waals surface area (Å²) in [6, 6.07) is 11.1. The van der Waals surface area contributed by atoms with Gasteiger partial charge in [-0.3, -0.25) is 0 Å². The van der Waals surface area contributed by atoms with E-state index in [2.05, 4.69) is 5.32 Å². The summed E-state index contributed by atoms with van der Waals surface area (Å²) in [6.07, 6.45) is 0. The molecule has 0 saturated heterocycles. The molecule has 0 radical (unpaired) electrons. The number of benzene rings is 2. The Balaban J connectivity index is 2.41. The summed E-state index contributed by atoms with van der Waals surface area (Å²) in [5.41, 5.74) is 7.09. The minimum Gasteiger partial charge on any atom is -0.397 e. The third-order valence-corrected chi connectivity index (χ3v) is 2.64. The van der Waals surface area contributed by atoms with E-state index >= 15 is 0 Å². The molecule has 2 aromatic carbocycles. The molecule has 5 heteroatoms. The number of hydrogen-bond acceptors (Lipinski definition) is 3. The topological polar surface area (TPSA) is 61.8 Å². The van der Waals surface area contributed by atoms with E-state index in [0.29, 0.717) is 22.1 Å². The maximum Gasteiger partial charge on any atom is 0.143 e. The first-order chi connectivity index (χ1) is 8.61. The maximum absolute atomic E-state index is 13.4. The first-order valence-corrected chi connectivity index (χ1v) is 5.50. The summed E-state index contributed by atoms with van der Waals surface area (Å²) in [7, 11) is 0. The highest BCUT2D eigenvalue weighted by molar-refractivity contribution is 6.31. The number of rotatable bonds is 2. The summed E-state index contributed by atoms with van der Waals surface area (Å²) in [5, 5.41) is 12.3. The Hall–Kier alpha value is -2.25. The van der Waals surface area contributed by atoms with E-state index < -0.39 is 5.82 Å². The largest absolute Gasteiger partial charge is 0.397 e. The molecule has 0 aliphatic heterocycles. The van der Waals surface area contributed by atoms with Gasteiger partial charge in [0.1, 0.15) is 17.4 Å². The number of hydrogen-bond donors (Lipinski definition) is 2. The Kier molecular flexibility index (Phi) is 3.35. The second-order valence-corrected chi connectivity index (χ2v) is 4.07. The molecule has 3 nitrogen and oxygen atoms in total. The lowest BCUT2D eigenvalue weighted by atomic mass is 10.1. The van der Waals surface area contributed by atoms with E-state index in [9.17, 15) is 4.39 Å². The van der Waals surface area contributed by atoms with Crippen molar-refractivity contribution in [1.29, 1.82) is 5.26 Å². The van der Waals surface area contributed by atoms with Gasteiger partial charge in [0.05, 0.1) is 17.1 Å². The summed E-state index contributed by atoms with van der Waals surface area (Å²) in [5.74, 6) is -0.574. The van der Waals surface area contributed by atoms with Crippen LogP contribution < -0.4 is 11.1 Å². The number of nitrogens with two attached hydrogens (primary N) is 1. The lowest BCUT2D eigenvalue weighted by Gasteiger charge is -2.11. The second kappa shape index (κ2) is 4.94. The fourth-order valence-corrected chi connectivity index (χ4v) is 1.71. The van der Waals surface area contributed by atoms with E-state index in [0.717, 1.165) is 0 Å². The van der Waals surface area contributed by atoms with Gasteiger partial charge in [0.15, 0.2) is 0 Å². The zero-order chi connectivity index (χ0) is 13.1. The monoisotopic (exact) mass is 261 g/mol. The van der Waals surface area contributed by atoms with Crippen molar-refractivity contribution in [2.24, 2.45) is 0 Å². The van der Waals surface area contributed by atoms with Crippen molar-refractivity contribution in [3.05, 3.63) is 52.8 Å². The highest BCUT2D eigenvalue weighted by Crippen LogP contribution is 2.28. The Labute approximate surface area is 109 Å². The van der Waals surface area contributed by atoms with Gasteiger partial charge in [0.25, 0.3) is 0 Å². The molecule has 18 heavy (non-hydrogen) atoms. The Morgan fingerprint density at radius 1 is 1.22 bits per heavy atom. The molecule has 0 aliphatic carbocycles. The Bertz CT molecular complexity index is 635. The van der Waals surface area contributed by atoms with Crippen LogP contribution in [-0.4, -0.2) is 0 Å². The van der Waals surface area contributed by atoms with Crippen molar-refractivity contribution in [3.63, 3.8) is 0 Å². The molecule has 0 atom stereocenters. The van der Waals surface area contributed by atoms with E-state index in [-0.39, 0.29) is 5.56 Å². The molecule has 0 fully saturated rings. The van der Waals surface area contributed by atoms with Gasteiger partial charge in [0.2, 0.25) is 0 Å². The Morgan fingerprint density at radius 2 is 2.00 bits per heavy atom. The average molecular weight is 262 g/mol. The molecule has 0 bridgehead atoms. The van der Waals surface area contributed by atoms with Gasteiger partial charge < -0.3 is 11.1 Å². The fourth-order valence-electron chi connectivity index (χ4n) is 1.53. The van der Waals surface area contributed by atoms with Gasteiger partial charge in [-0.1, -0.05) is 17.7 Å². The molecule has 0 spiro atoms. The minimum absolute atomic E-state index is 0.0492. The minimum atomic E-state index is -0.574. The number of nitrogen functional groups attached to an aromatic ring is 1. The molecule has 0 saturated carbocycles. The predicted molar refractivity (Wildman–Crippen MR) is 70.3 cm³/mol. The van der Waals surface area contributed by atoms with Crippen LogP contribution in [0.3, 0.4) is 0 Å². The zero-order valence-corrected chi connectivity index (χ0v) is 10.0. The molecule has 0 aliphatic rings. The number of anilines is 3. The first kappa shape index (κ1) is 12.2. The zero-order valence-electron chi connectivity index (χ0n) is 9.24. The third kappa shape index (κ3) is 2.36. The van der Waals surface area contributed by atoms with E-state index in [1.807, 2.05) is 6.07 Å². The van der Waals surface area contributed by atoms with Crippen molar-refractivity contribution in [2.45, 2.75) is 0 Å². The van der Waals surface area contributed by atoms with Crippen molar-refractivity contribution in [1.82, 2.24) is 0 Å². The molecule has 0 amide bonds. The SMILES string of the molecule is N#Cc1c(F)cccc1Nc1ccc(Cl)cc1N. The van der Waals surface area contributed by atoms with Crippen LogP contribution in [0.4, 0.5) is 21.5 Å². The van der Waals surface area contributed by atoms with Crippen LogP contribution in [0.2, 0.25) is 5.02 Å². The van der Waals surface area contributed by atoms with Gasteiger partial charge in [0, 0.05) is 5.02 Å². The molecule has 0 heterocycles. The first-order valence-electron chi connectivity index (χ1n) is 5.12. The van der Waals surface area contributed by atoms with Crippen molar-refractivity contribution in [3.8, 4) is 6.07 Å². The fraction of sp³-hybridized carbons (Fsp3) is 0. The van der Waals surface area contributed by atoms with Crippen LogP contribution in [0.15, 0.2) is 36.4 Å². The third-order valence-electron chi connectivity index (χ3n) is 2.41. The van der Waals surface area contributed by atoms with Crippen LogP contribution in [0, 0.1) is 17.1 Å². The molecular formula is C13H9ClFN3. The number of nitrogens with zero attached hydrogens (tertiary/aromatic N) is 1. The molecule has 2 rings (SSSR count). The lowest BCUT2D eigenvalue weighted by Crippen LogP contribution is -1.99. The van der Waals surface area contributed by atoms with Gasteiger partial charge >= 0.3 is 0 Å². The van der Waals surface area contributed by atoms with Gasteiger partial charge in [-0.25, -0.2) is 4.39 Å². The number of nitriles is 1. The summed E-state index contributed by atoms with van der Waals surface area (Å²) >= 11 is 5.78. The van der Waals surface area contributed by atoms with Gasteiger partial charge in [-0.05, 0) is 30.3 Å². The summed E-state index contributed by atoms with van der Waals surface area (Å²) in [6.45, 7) is 0. The predicted octanol–water partition coefficient (Wildman–Crippen LogP) is 3.68. The number of nitrogens with one attached hydrogen (secondary N) is 1. The smallest absolute Gasteiger partial charge is 0.143 e. The molecule has 0 aromatic heterocycles. The Morgan fingerprint density at radius 3 is 2.67 bits per heavy atom. The van der Waals surface area contributed by atoms with Crippen LogP contribution in [0.5, 0.6) is 0 Å². The average Bonchev–Trinajstić information content (AvgIpc) is 2.33. The molecule has 2 aromatic rings. The maximum atomic E-state index is 13.4. The van der Waals surface area contributed by atoms with Crippen LogP contribution >= 0.6 is 11.6 Å². The standard InChI is InChI=1S/C13H9ClFN3/c14-8-4-5-13(11(17)6-8)18-12-3-1-2-10(15)9(12)7-16/h1-6,18H,17H2. The van der Waals surface area contributed by atoms with Crippen molar-refractivity contribution in [2.75, 3.05) is 11.1 Å². The van der Waals surface area contributed by atoms with Crippen molar-refractivity contribution < 1.29 is 4.39 Å². The molecule has 3 N–H and O–H groups in total. The lowest BCUT2D eigenvalue weighted by molar-refractivity contribution is 0.624. The quantitative estimate of drug-likeness (QED) is 0.811. The molecule has 90 valence electrons. The summed E-state index contributed by atoms with van der Waals surface area (Å²) in [4.78, 5) is 0. The second-order valence-electron chi connectivity index (χ2n) is 3.63. The highest BCUT2D eigenvalue weighted by Gasteiger charge is 2.09.